The van der Waals surface area contributed by atoms with Crippen molar-refractivity contribution in [3.63, 3.8) is 0 Å². The molecule has 1 aromatic heterocycles. The van der Waals surface area contributed by atoms with Crippen LogP contribution in [0.25, 0.3) is 0 Å². The quantitative estimate of drug-likeness (QED) is 0.929. The molecule has 0 bridgehead atoms. The van der Waals surface area contributed by atoms with E-state index in [-0.39, 0.29) is 12.1 Å². The van der Waals surface area contributed by atoms with Gasteiger partial charge in [0.1, 0.15) is 12.4 Å². The van der Waals surface area contributed by atoms with Gasteiger partial charge in [-0.05, 0) is 50.5 Å². The molecule has 1 saturated heterocycles. The lowest BCUT2D eigenvalue weighted by atomic mass is 10.0. The zero-order valence-corrected chi connectivity index (χ0v) is 13.9. The Bertz CT molecular complexity index is 658. The molecule has 24 heavy (non-hydrogen) atoms. The molecule has 0 saturated carbocycles. The van der Waals surface area contributed by atoms with Gasteiger partial charge in [-0.3, -0.25) is 4.98 Å². The van der Waals surface area contributed by atoms with Crippen molar-refractivity contribution in [2.24, 2.45) is 0 Å². The smallest absolute Gasteiger partial charge is 0.322 e. The van der Waals surface area contributed by atoms with Gasteiger partial charge in [0, 0.05) is 18.4 Å². The summed E-state index contributed by atoms with van der Waals surface area (Å²) < 4.78 is 5.81. The Kier molecular flexibility index (Phi) is 5.31. The average molecular weight is 325 g/mol. The van der Waals surface area contributed by atoms with E-state index in [0.29, 0.717) is 6.61 Å². The van der Waals surface area contributed by atoms with Gasteiger partial charge in [-0.15, -0.1) is 0 Å². The van der Waals surface area contributed by atoms with E-state index < -0.39 is 0 Å². The maximum atomic E-state index is 12.6. The molecule has 1 fully saturated rings. The predicted molar refractivity (Wildman–Crippen MR) is 94.3 cm³/mol. The van der Waals surface area contributed by atoms with Gasteiger partial charge in [0.2, 0.25) is 0 Å². The number of ether oxygens (including phenoxy) is 1. The van der Waals surface area contributed by atoms with Crippen LogP contribution in [0.1, 0.15) is 24.8 Å². The van der Waals surface area contributed by atoms with E-state index >= 15 is 0 Å². The van der Waals surface area contributed by atoms with Crippen molar-refractivity contribution >= 4 is 11.7 Å². The van der Waals surface area contributed by atoms with Gasteiger partial charge in [0.25, 0.3) is 0 Å². The molecule has 1 aromatic carbocycles. The monoisotopic (exact) mass is 325 g/mol. The van der Waals surface area contributed by atoms with E-state index in [1.54, 1.807) is 12.4 Å². The molecule has 1 atom stereocenters. The Morgan fingerprint density at radius 1 is 1.29 bits per heavy atom. The number of piperidine rings is 1. The van der Waals surface area contributed by atoms with E-state index in [1.165, 1.54) is 5.56 Å². The summed E-state index contributed by atoms with van der Waals surface area (Å²) in [7, 11) is 0. The van der Waals surface area contributed by atoms with Gasteiger partial charge in [-0.1, -0.05) is 17.7 Å². The number of carbonyl (C=O) groups excluding carboxylic acids is 1. The largest absolute Gasteiger partial charge is 0.490 e. The molecule has 1 aliphatic rings. The summed E-state index contributed by atoms with van der Waals surface area (Å²) in [5.74, 6) is 0.738. The number of likely N-dealkylation sites (tertiary alicyclic amines) is 1. The highest BCUT2D eigenvalue weighted by atomic mass is 16.5. The molecule has 5 nitrogen and oxygen atoms in total. The second kappa shape index (κ2) is 7.81. The van der Waals surface area contributed by atoms with Crippen LogP contribution in [0.4, 0.5) is 10.5 Å². The van der Waals surface area contributed by atoms with Crippen molar-refractivity contribution in [1.82, 2.24) is 9.88 Å². The topological polar surface area (TPSA) is 54.5 Å². The van der Waals surface area contributed by atoms with E-state index in [4.69, 9.17) is 4.74 Å². The van der Waals surface area contributed by atoms with Gasteiger partial charge in [-0.25, -0.2) is 4.79 Å². The van der Waals surface area contributed by atoms with Crippen LogP contribution in [-0.4, -0.2) is 35.1 Å². The Morgan fingerprint density at radius 3 is 2.88 bits per heavy atom. The van der Waals surface area contributed by atoms with Gasteiger partial charge in [0.05, 0.1) is 12.2 Å². The normalized spacial score (nSPS) is 17.4. The highest BCUT2D eigenvalue weighted by Crippen LogP contribution is 2.20. The molecule has 1 unspecified atom stereocenters. The van der Waals surface area contributed by atoms with Crippen molar-refractivity contribution in [3.8, 4) is 5.75 Å². The third-order valence-corrected chi connectivity index (χ3v) is 4.27. The first-order valence-electron chi connectivity index (χ1n) is 8.39. The first-order valence-corrected chi connectivity index (χ1v) is 8.39. The number of anilines is 1. The summed E-state index contributed by atoms with van der Waals surface area (Å²) >= 11 is 0. The molecule has 1 aliphatic heterocycles. The third-order valence-electron chi connectivity index (χ3n) is 4.27. The van der Waals surface area contributed by atoms with Crippen LogP contribution in [-0.2, 0) is 0 Å². The highest BCUT2D eigenvalue weighted by Gasteiger charge is 2.27. The van der Waals surface area contributed by atoms with Gasteiger partial charge in [0.15, 0.2) is 0 Å². The second-order valence-electron chi connectivity index (χ2n) is 6.14. The first-order chi connectivity index (χ1) is 11.7. The SMILES string of the molecule is Cc1ccc(NC(=O)N2CCCCC2COc2cccnc2)cc1. The average Bonchev–Trinajstić information content (AvgIpc) is 2.63. The van der Waals surface area contributed by atoms with Crippen LogP contribution < -0.4 is 10.1 Å². The maximum Gasteiger partial charge on any atom is 0.322 e. The summed E-state index contributed by atoms with van der Waals surface area (Å²) in [6, 6.07) is 11.6. The molecular weight excluding hydrogens is 302 g/mol. The second-order valence-corrected chi connectivity index (χ2v) is 6.14. The molecule has 0 aliphatic carbocycles. The molecule has 3 rings (SSSR count). The molecule has 1 N–H and O–H groups in total. The van der Waals surface area contributed by atoms with Crippen LogP contribution in [0.3, 0.4) is 0 Å². The molecule has 5 heteroatoms. The summed E-state index contributed by atoms with van der Waals surface area (Å²) in [4.78, 5) is 18.6. The van der Waals surface area contributed by atoms with Crippen molar-refractivity contribution in [1.29, 1.82) is 0 Å². The minimum Gasteiger partial charge on any atom is -0.490 e. The fourth-order valence-electron chi connectivity index (χ4n) is 2.90. The van der Waals surface area contributed by atoms with Gasteiger partial charge < -0.3 is 15.0 Å². The van der Waals surface area contributed by atoms with Crippen LogP contribution in [0.15, 0.2) is 48.8 Å². The van der Waals surface area contributed by atoms with Crippen LogP contribution in [0.5, 0.6) is 5.75 Å². The predicted octanol–water partition coefficient (Wildman–Crippen LogP) is 3.86. The molecule has 2 heterocycles. The molecule has 2 aromatic rings. The minimum absolute atomic E-state index is 0.0571. The standard InChI is InChI=1S/C19H23N3O2/c1-15-7-9-16(10-8-15)21-19(23)22-12-3-2-5-17(22)14-24-18-6-4-11-20-13-18/h4,6-11,13,17H,2-3,5,12,14H2,1H3,(H,21,23). The number of carbonyl (C=O) groups is 1. The molecule has 0 spiro atoms. The Labute approximate surface area is 142 Å². The van der Waals surface area contributed by atoms with Crippen molar-refractivity contribution in [2.45, 2.75) is 32.2 Å². The number of hydrogen-bond donors (Lipinski definition) is 1. The number of benzene rings is 1. The number of nitrogens with one attached hydrogen (secondary N) is 1. The Hall–Kier alpha value is -2.56. The van der Waals surface area contributed by atoms with E-state index in [0.717, 1.165) is 37.2 Å². The van der Waals surface area contributed by atoms with E-state index in [1.807, 2.05) is 48.2 Å². The van der Waals surface area contributed by atoms with Crippen LogP contribution in [0, 0.1) is 6.92 Å². The summed E-state index contributed by atoms with van der Waals surface area (Å²) in [5, 5.41) is 2.99. The van der Waals surface area contributed by atoms with Crippen LogP contribution >= 0.6 is 0 Å². The number of pyridine rings is 1. The number of aromatic nitrogens is 1. The zero-order valence-electron chi connectivity index (χ0n) is 13.9. The lowest BCUT2D eigenvalue weighted by Crippen LogP contribution is -2.48. The zero-order chi connectivity index (χ0) is 16.8. The fourth-order valence-corrected chi connectivity index (χ4v) is 2.90. The summed E-state index contributed by atoms with van der Waals surface area (Å²) in [6.45, 7) is 3.29. The number of urea groups is 1. The molecular formula is C19H23N3O2. The van der Waals surface area contributed by atoms with Gasteiger partial charge >= 0.3 is 6.03 Å². The Balaban J connectivity index is 1.60. The van der Waals surface area contributed by atoms with Crippen LogP contribution in [0.2, 0.25) is 0 Å². The number of aryl methyl sites for hydroxylation is 1. The lowest BCUT2D eigenvalue weighted by Gasteiger charge is -2.35. The number of hydrogen-bond acceptors (Lipinski definition) is 3. The third kappa shape index (κ3) is 4.25. The number of rotatable bonds is 4. The van der Waals surface area contributed by atoms with Gasteiger partial charge in [-0.2, -0.15) is 0 Å². The summed E-state index contributed by atoms with van der Waals surface area (Å²) in [6.07, 6.45) is 6.52. The summed E-state index contributed by atoms with van der Waals surface area (Å²) in [5.41, 5.74) is 2.00. The van der Waals surface area contributed by atoms with E-state index in [9.17, 15) is 4.79 Å². The molecule has 126 valence electrons. The van der Waals surface area contributed by atoms with Crippen molar-refractivity contribution < 1.29 is 9.53 Å². The minimum atomic E-state index is -0.0571. The first kappa shape index (κ1) is 16.3. The molecule has 0 radical (unpaired) electrons. The fraction of sp³-hybridized carbons (Fsp3) is 0.368. The van der Waals surface area contributed by atoms with Crippen molar-refractivity contribution in [3.05, 3.63) is 54.4 Å². The van der Waals surface area contributed by atoms with Crippen molar-refractivity contribution in [2.75, 3.05) is 18.5 Å². The maximum absolute atomic E-state index is 12.6. The number of nitrogens with zero attached hydrogens (tertiary/aromatic N) is 2. The highest BCUT2D eigenvalue weighted by molar-refractivity contribution is 5.89. The number of amides is 2. The Morgan fingerprint density at radius 2 is 2.12 bits per heavy atom. The van der Waals surface area contributed by atoms with E-state index in [2.05, 4.69) is 10.3 Å². The molecule has 2 amide bonds. The lowest BCUT2D eigenvalue weighted by molar-refractivity contribution is 0.124.